The first-order chi connectivity index (χ1) is 19.1. The normalized spacial score (nSPS) is 18.0. The van der Waals surface area contributed by atoms with Crippen LogP contribution in [0.3, 0.4) is 0 Å². The summed E-state index contributed by atoms with van der Waals surface area (Å²) in [5, 5.41) is 15.4. The van der Waals surface area contributed by atoms with Crippen molar-refractivity contribution in [2.24, 2.45) is 34.0 Å². The first-order valence-corrected chi connectivity index (χ1v) is 14.3. The van der Waals surface area contributed by atoms with Gasteiger partial charge in [0.15, 0.2) is 11.7 Å². The van der Waals surface area contributed by atoms with E-state index in [9.17, 15) is 29.1 Å². The van der Waals surface area contributed by atoms with Gasteiger partial charge in [-0.05, 0) is 51.4 Å². The third-order valence-electron chi connectivity index (χ3n) is 7.03. The Bertz CT molecular complexity index is 950. The number of hydrogen-bond donors (Lipinski definition) is 6. The average molecular weight is 583 g/mol. The molecule has 0 aromatic carbocycles. The SMILES string of the molecule is CC(C)C[C@H](NCC(=O)[C@@H](NC(=O)[C@H](C)N)C(C)C)C(=O)N1CCC[C@H]1C(=O)N(CCCN=C(N)N)C(C)C(=O)O. The standard InChI is InChI=1S/C27H50N8O6/c1-15(2)13-19(32-14-21(36)22(16(3)4)33-23(37)17(5)28)24(38)35-11-7-9-20(35)25(39)34(18(6)26(40)41)12-8-10-31-27(29)30/h15-20,22,32H,7-14,28H2,1-6H3,(H,33,37)(H,40,41)(H4,29,30,31)/t17-,18?,19-,20-,22-/m0/s1. The van der Waals surface area contributed by atoms with Crippen molar-refractivity contribution in [2.45, 2.75) is 97.4 Å². The maximum absolute atomic E-state index is 13.8. The van der Waals surface area contributed by atoms with E-state index in [0.717, 1.165) is 0 Å². The molecule has 1 rings (SSSR count). The van der Waals surface area contributed by atoms with E-state index in [-0.39, 0.29) is 49.1 Å². The van der Waals surface area contributed by atoms with Crippen LogP contribution in [-0.2, 0) is 24.0 Å². The number of carbonyl (C=O) groups is 5. The summed E-state index contributed by atoms with van der Waals surface area (Å²) < 4.78 is 0. The van der Waals surface area contributed by atoms with Gasteiger partial charge in [-0.1, -0.05) is 27.7 Å². The number of carbonyl (C=O) groups excluding carboxylic acids is 4. The van der Waals surface area contributed by atoms with Crippen LogP contribution in [0.2, 0.25) is 0 Å². The van der Waals surface area contributed by atoms with Crippen molar-refractivity contribution in [3.8, 4) is 0 Å². The van der Waals surface area contributed by atoms with Gasteiger partial charge >= 0.3 is 5.97 Å². The molecule has 0 aliphatic carbocycles. The minimum atomic E-state index is -1.16. The van der Waals surface area contributed by atoms with Gasteiger partial charge in [-0.2, -0.15) is 0 Å². The number of nitrogens with one attached hydrogen (secondary N) is 2. The molecule has 0 saturated carbocycles. The van der Waals surface area contributed by atoms with Gasteiger partial charge in [0.05, 0.1) is 24.7 Å². The number of aliphatic imine (C=N–C) groups is 1. The summed E-state index contributed by atoms with van der Waals surface area (Å²) in [6.45, 7) is 11.0. The van der Waals surface area contributed by atoms with Crippen molar-refractivity contribution in [1.82, 2.24) is 20.4 Å². The summed E-state index contributed by atoms with van der Waals surface area (Å²) in [5.41, 5.74) is 16.4. The number of Topliss-reactive ketones (excluding diaryl/α,β-unsaturated/α-hetero) is 1. The average Bonchev–Trinajstić information content (AvgIpc) is 3.37. The van der Waals surface area contributed by atoms with Gasteiger partial charge in [0, 0.05) is 19.6 Å². The summed E-state index contributed by atoms with van der Waals surface area (Å²) in [4.78, 5) is 71.0. The molecule has 5 atom stereocenters. The molecule has 3 amide bonds. The fraction of sp³-hybridized carbons (Fsp3) is 0.778. The molecule has 14 nitrogen and oxygen atoms in total. The van der Waals surface area contributed by atoms with Crippen molar-refractivity contribution in [2.75, 3.05) is 26.2 Å². The number of nitrogens with zero attached hydrogens (tertiary/aromatic N) is 3. The summed E-state index contributed by atoms with van der Waals surface area (Å²) in [6, 6.07) is -4.24. The van der Waals surface area contributed by atoms with Gasteiger partial charge in [0.2, 0.25) is 17.7 Å². The van der Waals surface area contributed by atoms with E-state index in [0.29, 0.717) is 32.2 Å². The monoisotopic (exact) mass is 582 g/mol. The Labute approximate surface area is 242 Å². The van der Waals surface area contributed by atoms with Crippen LogP contribution in [0.1, 0.15) is 67.2 Å². The minimum absolute atomic E-state index is 0.0973. The van der Waals surface area contributed by atoms with Crippen molar-refractivity contribution >= 4 is 35.4 Å². The zero-order chi connectivity index (χ0) is 31.4. The van der Waals surface area contributed by atoms with E-state index in [1.54, 1.807) is 0 Å². The maximum Gasteiger partial charge on any atom is 0.326 e. The van der Waals surface area contributed by atoms with Crippen molar-refractivity contribution in [3.63, 3.8) is 0 Å². The van der Waals surface area contributed by atoms with E-state index >= 15 is 0 Å². The molecular weight excluding hydrogens is 532 g/mol. The van der Waals surface area contributed by atoms with Crippen molar-refractivity contribution in [1.29, 1.82) is 0 Å². The number of guanidine groups is 1. The molecule has 1 saturated heterocycles. The molecule has 1 aliphatic rings. The van der Waals surface area contributed by atoms with E-state index in [2.05, 4.69) is 15.6 Å². The lowest BCUT2D eigenvalue weighted by molar-refractivity contribution is -0.153. The number of likely N-dealkylation sites (tertiary alicyclic amines) is 1. The quantitative estimate of drug-likeness (QED) is 0.0696. The van der Waals surface area contributed by atoms with Gasteiger partial charge in [-0.15, -0.1) is 0 Å². The Hall–Kier alpha value is -3.26. The molecule has 14 heteroatoms. The zero-order valence-electron chi connectivity index (χ0n) is 25.3. The van der Waals surface area contributed by atoms with Crippen LogP contribution in [0.4, 0.5) is 0 Å². The Morgan fingerprint density at radius 3 is 2.22 bits per heavy atom. The summed E-state index contributed by atoms with van der Waals surface area (Å²) in [6.07, 6.45) is 1.73. The number of ketones is 1. The highest BCUT2D eigenvalue weighted by Crippen LogP contribution is 2.23. The number of nitrogens with two attached hydrogens (primary N) is 3. The largest absolute Gasteiger partial charge is 0.480 e. The lowest BCUT2D eigenvalue weighted by Gasteiger charge is -2.34. The molecular formula is C27H50N8O6. The van der Waals surface area contributed by atoms with Crippen LogP contribution in [0.15, 0.2) is 4.99 Å². The molecule has 0 bridgehead atoms. The first-order valence-electron chi connectivity index (χ1n) is 14.3. The van der Waals surface area contributed by atoms with Crippen LogP contribution in [0.25, 0.3) is 0 Å². The number of carboxylic acids is 1. The van der Waals surface area contributed by atoms with Gasteiger partial charge in [0.1, 0.15) is 12.1 Å². The predicted molar refractivity (Wildman–Crippen MR) is 156 cm³/mol. The van der Waals surface area contributed by atoms with Crippen molar-refractivity contribution < 1.29 is 29.1 Å². The summed E-state index contributed by atoms with van der Waals surface area (Å²) in [5.74, 6) is -2.86. The fourth-order valence-corrected chi connectivity index (χ4v) is 4.74. The topological polar surface area (TPSA) is 227 Å². The van der Waals surface area contributed by atoms with Crippen LogP contribution in [-0.4, -0.2) is 107 Å². The van der Waals surface area contributed by atoms with Gasteiger partial charge in [-0.3, -0.25) is 29.5 Å². The molecule has 1 unspecified atom stereocenters. The molecule has 0 aromatic rings. The molecule has 1 aliphatic heterocycles. The van der Waals surface area contributed by atoms with E-state index in [1.807, 2.05) is 27.7 Å². The molecule has 0 spiro atoms. The smallest absolute Gasteiger partial charge is 0.326 e. The lowest BCUT2D eigenvalue weighted by Crippen LogP contribution is -2.57. The van der Waals surface area contributed by atoms with Crippen LogP contribution < -0.4 is 27.8 Å². The Balaban J connectivity index is 3.09. The number of rotatable bonds is 17. The summed E-state index contributed by atoms with van der Waals surface area (Å²) >= 11 is 0. The third kappa shape index (κ3) is 11.3. The maximum atomic E-state index is 13.8. The molecule has 0 aromatic heterocycles. The van der Waals surface area contributed by atoms with Crippen molar-refractivity contribution in [3.05, 3.63) is 0 Å². The molecule has 41 heavy (non-hydrogen) atoms. The van der Waals surface area contributed by atoms with Crippen LogP contribution >= 0.6 is 0 Å². The Morgan fingerprint density at radius 1 is 1.07 bits per heavy atom. The lowest BCUT2D eigenvalue weighted by atomic mass is 9.98. The molecule has 1 heterocycles. The first kappa shape index (κ1) is 35.8. The number of hydrogen-bond acceptors (Lipinski definition) is 8. The van der Waals surface area contributed by atoms with Crippen LogP contribution in [0, 0.1) is 11.8 Å². The van der Waals surface area contributed by atoms with Gasteiger partial charge in [-0.25, -0.2) is 4.79 Å². The highest BCUT2D eigenvalue weighted by molar-refractivity contribution is 5.94. The minimum Gasteiger partial charge on any atom is -0.480 e. The number of aliphatic carboxylic acids is 1. The number of carboxylic acid groups (broad SMARTS) is 1. The Morgan fingerprint density at radius 2 is 1.71 bits per heavy atom. The van der Waals surface area contributed by atoms with E-state index < -0.39 is 48.0 Å². The van der Waals surface area contributed by atoms with E-state index in [4.69, 9.17) is 17.2 Å². The fourth-order valence-electron chi connectivity index (χ4n) is 4.74. The van der Waals surface area contributed by atoms with Gasteiger partial charge in [0.25, 0.3) is 0 Å². The van der Waals surface area contributed by atoms with Crippen LogP contribution in [0.5, 0.6) is 0 Å². The molecule has 9 N–H and O–H groups in total. The highest BCUT2D eigenvalue weighted by Gasteiger charge is 2.41. The predicted octanol–water partition coefficient (Wildman–Crippen LogP) is -0.996. The molecule has 0 radical (unpaired) electrons. The zero-order valence-corrected chi connectivity index (χ0v) is 25.3. The highest BCUT2D eigenvalue weighted by atomic mass is 16.4. The second-order valence-corrected chi connectivity index (χ2v) is 11.4. The number of amides is 3. The third-order valence-corrected chi connectivity index (χ3v) is 7.03. The molecule has 1 fully saturated rings. The summed E-state index contributed by atoms with van der Waals surface area (Å²) in [7, 11) is 0. The molecule has 234 valence electrons. The Kier molecular flexibility index (Phi) is 14.7. The second-order valence-electron chi connectivity index (χ2n) is 11.4. The second kappa shape index (κ2) is 16.9. The van der Waals surface area contributed by atoms with Gasteiger partial charge < -0.3 is 37.4 Å². The van der Waals surface area contributed by atoms with E-state index in [1.165, 1.54) is 23.6 Å².